The van der Waals surface area contributed by atoms with Gasteiger partial charge in [-0.2, -0.15) is 5.10 Å². The van der Waals surface area contributed by atoms with Gasteiger partial charge < -0.3 is 5.32 Å². The lowest BCUT2D eigenvalue weighted by molar-refractivity contribution is 0.312. The van der Waals surface area contributed by atoms with Crippen LogP contribution >= 0.6 is 0 Å². The molecule has 1 N–H and O–H groups in total. The number of hydrogen-bond donors (Lipinski definition) is 1. The molecule has 1 aromatic heterocycles. The zero-order chi connectivity index (χ0) is 12.1. The molecule has 1 fully saturated rings. The Kier molecular flexibility index (Phi) is 4.15. The highest BCUT2D eigenvalue weighted by Crippen LogP contribution is 2.36. The summed E-state index contributed by atoms with van der Waals surface area (Å²) in [5.41, 5.74) is 0.510. The summed E-state index contributed by atoms with van der Waals surface area (Å²) >= 11 is 0. The van der Waals surface area contributed by atoms with Gasteiger partial charge in [0.1, 0.15) is 12.2 Å². The van der Waals surface area contributed by atoms with Crippen LogP contribution in [0, 0.1) is 5.41 Å². The van der Waals surface area contributed by atoms with Crippen molar-refractivity contribution in [3.8, 4) is 0 Å². The molecular weight excluding hydrogens is 212 g/mol. The standard InChI is InChI=1S/C13H24N4/c1-3-8-17-12(15-11-16-17)9-14-10-13(2)6-4-5-7-13/h11,14H,3-10H2,1-2H3. The van der Waals surface area contributed by atoms with E-state index in [9.17, 15) is 0 Å². The highest BCUT2D eigenvalue weighted by molar-refractivity contribution is 4.87. The predicted molar refractivity (Wildman–Crippen MR) is 68.6 cm³/mol. The first-order chi connectivity index (χ1) is 8.23. The van der Waals surface area contributed by atoms with Crippen LogP contribution in [0.4, 0.5) is 0 Å². The highest BCUT2D eigenvalue weighted by atomic mass is 15.3. The van der Waals surface area contributed by atoms with E-state index in [1.54, 1.807) is 6.33 Å². The summed E-state index contributed by atoms with van der Waals surface area (Å²) in [5.74, 6) is 1.06. The average molecular weight is 236 g/mol. The number of hydrogen-bond acceptors (Lipinski definition) is 3. The van der Waals surface area contributed by atoms with E-state index in [0.29, 0.717) is 5.41 Å². The molecule has 4 nitrogen and oxygen atoms in total. The zero-order valence-electron chi connectivity index (χ0n) is 11.1. The molecule has 0 atom stereocenters. The molecule has 17 heavy (non-hydrogen) atoms. The van der Waals surface area contributed by atoms with E-state index in [1.165, 1.54) is 25.7 Å². The Bertz CT molecular complexity index is 339. The van der Waals surface area contributed by atoms with Crippen molar-refractivity contribution in [3.05, 3.63) is 12.2 Å². The second-order valence-electron chi connectivity index (χ2n) is 5.52. The number of aromatic nitrogens is 3. The van der Waals surface area contributed by atoms with Crippen molar-refractivity contribution in [3.63, 3.8) is 0 Å². The maximum absolute atomic E-state index is 4.31. The largest absolute Gasteiger partial charge is 0.309 e. The van der Waals surface area contributed by atoms with Crippen LogP contribution in [-0.4, -0.2) is 21.3 Å². The molecule has 0 spiro atoms. The van der Waals surface area contributed by atoms with Gasteiger partial charge in [0.2, 0.25) is 0 Å². The highest BCUT2D eigenvalue weighted by Gasteiger charge is 2.27. The van der Waals surface area contributed by atoms with E-state index in [1.807, 2.05) is 4.68 Å². The summed E-state index contributed by atoms with van der Waals surface area (Å²) in [6.07, 6.45) is 8.27. The maximum atomic E-state index is 4.31. The first-order valence-electron chi connectivity index (χ1n) is 6.81. The molecule has 1 aromatic rings. The molecule has 0 saturated heterocycles. The number of aryl methyl sites for hydroxylation is 1. The van der Waals surface area contributed by atoms with Crippen LogP contribution in [0.1, 0.15) is 51.8 Å². The minimum absolute atomic E-state index is 0.510. The molecule has 0 unspecified atom stereocenters. The van der Waals surface area contributed by atoms with Crippen molar-refractivity contribution < 1.29 is 0 Å². The Labute approximate surface area is 104 Å². The van der Waals surface area contributed by atoms with Crippen LogP contribution in [0.3, 0.4) is 0 Å². The van der Waals surface area contributed by atoms with Crippen molar-refractivity contribution >= 4 is 0 Å². The summed E-state index contributed by atoms with van der Waals surface area (Å²) < 4.78 is 2.00. The third-order valence-electron chi connectivity index (χ3n) is 3.78. The maximum Gasteiger partial charge on any atom is 0.140 e. The number of nitrogens with zero attached hydrogens (tertiary/aromatic N) is 3. The van der Waals surface area contributed by atoms with E-state index < -0.39 is 0 Å². The molecule has 1 aliphatic rings. The smallest absolute Gasteiger partial charge is 0.140 e. The molecular formula is C13H24N4. The topological polar surface area (TPSA) is 42.7 Å². The third kappa shape index (κ3) is 3.28. The zero-order valence-corrected chi connectivity index (χ0v) is 11.1. The molecule has 0 amide bonds. The molecule has 1 heterocycles. The Morgan fingerprint density at radius 2 is 2.18 bits per heavy atom. The van der Waals surface area contributed by atoms with Crippen LogP contribution in [-0.2, 0) is 13.1 Å². The van der Waals surface area contributed by atoms with Crippen LogP contribution in [0.5, 0.6) is 0 Å². The minimum atomic E-state index is 0.510. The molecule has 1 saturated carbocycles. The second kappa shape index (κ2) is 5.63. The lowest BCUT2D eigenvalue weighted by Crippen LogP contribution is -2.30. The quantitative estimate of drug-likeness (QED) is 0.824. The van der Waals surface area contributed by atoms with Crippen LogP contribution in [0.25, 0.3) is 0 Å². The van der Waals surface area contributed by atoms with Crippen molar-refractivity contribution in [1.82, 2.24) is 20.1 Å². The summed E-state index contributed by atoms with van der Waals surface area (Å²) in [6.45, 7) is 7.47. The Balaban J connectivity index is 1.79. The van der Waals surface area contributed by atoms with E-state index in [4.69, 9.17) is 0 Å². The summed E-state index contributed by atoms with van der Waals surface area (Å²) in [7, 11) is 0. The fraction of sp³-hybridized carbons (Fsp3) is 0.846. The summed E-state index contributed by atoms with van der Waals surface area (Å²) in [6, 6.07) is 0. The first kappa shape index (κ1) is 12.6. The molecule has 4 heteroatoms. The van der Waals surface area contributed by atoms with E-state index in [2.05, 4.69) is 29.2 Å². The van der Waals surface area contributed by atoms with Crippen LogP contribution < -0.4 is 5.32 Å². The van der Waals surface area contributed by atoms with Gasteiger partial charge in [-0.25, -0.2) is 9.67 Å². The third-order valence-corrected chi connectivity index (χ3v) is 3.78. The fourth-order valence-electron chi connectivity index (χ4n) is 2.70. The molecule has 96 valence electrons. The van der Waals surface area contributed by atoms with Crippen molar-refractivity contribution in [2.24, 2.45) is 5.41 Å². The molecule has 2 rings (SSSR count). The van der Waals surface area contributed by atoms with Crippen molar-refractivity contribution in [2.45, 2.75) is 59.0 Å². The van der Waals surface area contributed by atoms with Gasteiger partial charge in [0.05, 0.1) is 6.54 Å². The van der Waals surface area contributed by atoms with E-state index in [0.717, 1.165) is 31.9 Å². The Morgan fingerprint density at radius 3 is 2.88 bits per heavy atom. The average Bonchev–Trinajstić information content (AvgIpc) is 2.90. The van der Waals surface area contributed by atoms with Gasteiger partial charge in [-0.05, 0) is 24.7 Å². The van der Waals surface area contributed by atoms with Gasteiger partial charge in [-0.3, -0.25) is 0 Å². The number of nitrogens with one attached hydrogen (secondary N) is 1. The van der Waals surface area contributed by atoms with Crippen molar-refractivity contribution in [2.75, 3.05) is 6.54 Å². The first-order valence-corrected chi connectivity index (χ1v) is 6.81. The predicted octanol–water partition coefficient (Wildman–Crippen LogP) is 2.36. The van der Waals surface area contributed by atoms with Gasteiger partial charge in [0.15, 0.2) is 0 Å². The van der Waals surface area contributed by atoms with Gasteiger partial charge in [0, 0.05) is 13.1 Å². The summed E-state index contributed by atoms with van der Waals surface area (Å²) in [4.78, 5) is 4.31. The van der Waals surface area contributed by atoms with Gasteiger partial charge in [0.25, 0.3) is 0 Å². The van der Waals surface area contributed by atoms with Crippen LogP contribution in [0.2, 0.25) is 0 Å². The summed E-state index contributed by atoms with van der Waals surface area (Å²) in [5, 5.41) is 7.78. The minimum Gasteiger partial charge on any atom is -0.309 e. The van der Waals surface area contributed by atoms with Gasteiger partial charge in [-0.15, -0.1) is 0 Å². The Morgan fingerprint density at radius 1 is 1.41 bits per heavy atom. The molecule has 0 aliphatic heterocycles. The fourth-order valence-corrected chi connectivity index (χ4v) is 2.70. The lowest BCUT2D eigenvalue weighted by Gasteiger charge is -2.23. The van der Waals surface area contributed by atoms with E-state index >= 15 is 0 Å². The van der Waals surface area contributed by atoms with Gasteiger partial charge >= 0.3 is 0 Å². The Hall–Kier alpha value is -0.900. The van der Waals surface area contributed by atoms with E-state index in [-0.39, 0.29) is 0 Å². The lowest BCUT2D eigenvalue weighted by atomic mass is 9.89. The SMILES string of the molecule is CCCn1ncnc1CNCC1(C)CCCC1. The number of rotatable bonds is 6. The van der Waals surface area contributed by atoms with Crippen molar-refractivity contribution in [1.29, 1.82) is 0 Å². The normalized spacial score (nSPS) is 18.7. The molecule has 0 aromatic carbocycles. The molecule has 1 aliphatic carbocycles. The second-order valence-corrected chi connectivity index (χ2v) is 5.52. The molecule has 0 bridgehead atoms. The monoisotopic (exact) mass is 236 g/mol. The molecule has 0 radical (unpaired) electrons. The van der Waals surface area contributed by atoms with Crippen LogP contribution in [0.15, 0.2) is 6.33 Å². The van der Waals surface area contributed by atoms with Gasteiger partial charge in [-0.1, -0.05) is 26.7 Å².